The smallest absolute Gasteiger partial charge is 0.330 e. The first-order valence-electron chi connectivity index (χ1n) is 14.2. The second kappa shape index (κ2) is 12.0. The Labute approximate surface area is 250 Å². The zero-order chi connectivity index (χ0) is 30.2. The molecule has 2 saturated heterocycles. The highest BCUT2D eigenvalue weighted by Crippen LogP contribution is 2.38. The normalized spacial score (nSPS) is 20.6. The lowest BCUT2D eigenvalue weighted by Gasteiger charge is -2.39. The molecule has 3 aromatic heterocycles. The van der Waals surface area contributed by atoms with Crippen LogP contribution in [0.15, 0.2) is 40.2 Å². The van der Waals surface area contributed by atoms with Crippen LogP contribution in [0.1, 0.15) is 55.4 Å². The second-order valence-electron chi connectivity index (χ2n) is 10.9. The Morgan fingerprint density at radius 3 is 2.60 bits per heavy atom. The van der Waals surface area contributed by atoms with Crippen LogP contribution >= 0.6 is 11.3 Å². The zero-order valence-corrected chi connectivity index (χ0v) is 24.9. The number of aromatic amines is 1. The van der Waals surface area contributed by atoms with Gasteiger partial charge in [0.25, 0.3) is 5.56 Å². The topological polar surface area (TPSA) is 134 Å². The van der Waals surface area contributed by atoms with E-state index in [0.29, 0.717) is 71.0 Å². The van der Waals surface area contributed by atoms with E-state index in [1.165, 1.54) is 47.8 Å². The van der Waals surface area contributed by atoms with E-state index in [9.17, 15) is 18.8 Å². The van der Waals surface area contributed by atoms with Crippen LogP contribution in [0.5, 0.6) is 5.75 Å². The number of ether oxygens (including phenoxy) is 3. The average molecular weight is 613 g/mol. The molecular formula is C29H33FN6O6S. The highest BCUT2D eigenvalue weighted by molar-refractivity contribution is 7.21. The first-order valence-corrected chi connectivity index (χ1v) is 15.1. The minimum Gasteiger partial charge on any atom is -0.496 e. The summed E-state index contributed by atoms with van der Waals surface area (Å²) in [6.45, 7) is 2.93. The predicted octanol–water partition coefficient (Wildman–Crippen LogP) is 3.28. The summed E-state index contributed by atoms with van der Waals surface area (Å²) in [4.78, 5) is 46.9. The number of methoxy groups -OCH3 is 1. The number of rotatable bonds is 8. The van der Waals surface area contributed by atoms with Gasteiger partial charge in [0, 0.05) is 37.4 Å². The molecule has 2 aliphatic heterocycles. The molecule has 1 N–H and O–H groups in total. The monoisotopic (exact) mass is 612 g/mol. The molecule has 2 unspecified atom stereocenters. The van der Waals surface area contributed by atoms with Gasteiger partial charge in [0.05, 0.1) is 37.1 Å². The zero-order valence-electron chi connectivity index (χ0n) is 24.1. The number of aromatic nitrogens is 5. The summed E-state index contributed by atoms with van der Waals surface area (Å²) < 4.78 is 33.0. The molecule has 228 valence electrons. The number of piperidine rings is 1. The highest BCUT2D eigenvalue weighted by Gasteiger charge is 2.38. The number of nitrogens with zero attached hydrogens (tertiary/aromatic N) is 5. The van der Waals surface area contributed by atoms with Crippen LogP contribution in [0.4, 0.5) is 4.39 Å². The van der Waals surface area contributed by atoms with Crippen LogP contribution < -0.4 is 16.0 Å². The lowest BCUT2D eigenvalue weighted by atomic mass is 9.91. The molecule has 2 aliphatic rings. The third kappa shape index (κ3) is 5.50. The Kier molecular flexibility index (Phi) is 8.16. The molecule has 0 aliphatic carbocycles. The molecule has 3 atom stereocenters. The van der Waals surface area contributed by atoms with Gasteiger partial charge in [-0.05, 0) is 57.2 Å². The molecule has 0 radical (unpaired) electrons. The summed E-state index contributed by atoms with van der Waals surface area (Å²) in [7, 11) is 3.20. The fourth-order valence-corrected chi connectivity index (χ4v) is 7.22. The van der Waals surface area contributed by atoms with Crippen molar-refractivity contribution in [1.29, 1.82) is 0 Å². The Bertz CT molecular complexity index is 1740. The largest absolute Gasteiger partial charge is 0.496 e. The number of benzene rings is 1. The minimum atomic E-state index is -0.967. The summed E-state index contributed by atoms with van der Waals surface area (Å²) >= 11 is 1.20. The molecule has 1 amide bonds. The standard InChI is InChI=1S/C29H33FN6O6S/c1-16-24-25(43-28(16)36-31-10-11-32-36)33-29(39)35(27(24)38)21-6-5-18(34(2)26(21)37)15-23(42-19-8-12-41-13-9-19)20-14-17(30)4-7-22(20)40-3/h4,7,10-11,14,18-19,21,23H,5-6,8-9,12-13,15H2,1-3H3,(H,33,39)/t18?,21?,23-/m1/s1. The van der Waals surface area contributed by atoms with Crippen molar-refractivity contribution in [1.82, 2.24) is 29.4 Å². The fraction of sp³-hybridized carbons (Fsp3) is 0.483. The van der Waals surface area contributed by atoms with Gasteiger partial charge in [-0.25, -0.2) is 13.8 Å². The number of halogens is 1. The number of amides is 1. The number of likely N-dealkylation sites (tertiary alicyclic amines) is 1. The predicted molar refractivity (Wildman–Crippen MR) is 156 cm³/mol. The summed E-state index contributed by atoms with van der Waals surface area (Å²) in [5, 5.41) is 9.23. The Morgan fingerprint density at radius 1 is 1.14 bits per heavy atom. The Hall–Kier alpha value is -3.88. The maximum atomic E-state index is 14.4. The van der Waals surface area contributed by atoms with Crippen molar-refractivity contribution in [3.63, 3.8) is 0 Å². The van der Waals surface area contributed by atoms with E-state index < -0.39 is 29.2 Å². The summed E-state index contributed by atoms with van der Waals surface area (Å²) in [5.74, 6) is -0.252. The summed E-state index contributed by atoms with van der Waals surface area (Å²) in [6.07, 6.45) is 5.03. The number of hydrogen-bond donors (Lipinski definition) is 1. The molecule has 2 fully saturated rings. The number of nitrogens with one attached hydrogen (secondary N) is 1. The number of hydrogen-bond acceptors (Lipinski definition) is 9. The molecule has 5 heterocycles. The fourth-order valence-electron chi connectivity index (χ4n) is 6.11. The van der Waals surface area contributed by atoms with Crippen molar-refractivity contribution in [2.45, 2.75) is 63.3 Å². The van der Waals surface area contributed by atoms with Crippen LogP contribution in [0.25, 0.3) is 15.2 Å². The van der Waals surface area contributed by atoms with E-state index in [-0.39, 0.29) is 24.5 Å². The van der Waals surface area contributed by atoms with Gasteiger partial charge >= 0.3 is 5.69 Å². The number of H-pyrrole nitrogens is 1. The molecule has 0 bridgehead atoms. The minimum absolute atomic E-state index is 0.0800. The number of likely N-dealkylation sites (N-methyl/N-ethyl adjacent to an activating group) is 1. The molecule has 14 heteroatoms. The number of thiophene rings is 1. The van der Waals surface area contributed by atoms with Gasteiger partial charge in [-0.1, -0.05) is 11.3 Å². The van der Waals surface area contributed by atoms with Gasteiger partial charge in [0.2, 0.25) is 5.91 Å². The molecule has 1 aromatic carbocycles. The number of carbonyl (C=O) groups excluding carboxylic acids is 1. The lowest BCUT2D eigenvalue weighted by Crippen LogP contribution is -2.51. The molecule has 4 aromatic rings. The van der Waals surface area contributed by atoms with Gasteiger partial charge in [0.1, 0.15) is 27.4 Å². The van der Waals surface area contributed by atoms with E-state index in [1.54, 1.807) is 24.9 Å². The van der Waals surface area contributed by atoms with Crippen LogP contribution in [0.3, 0.4) is 0 Å². The summed E-state index contributed by atoms with van der Waals surface area (Å²) in [6, 6.07) is 3.09. The van der Waals surface area contributed by atoms with Crippen LogP contribution in [0, 0.1) is 12.7 Å². The molecule has 6 rings (SSSR count). The first-order chi connectivity index (χ1) is 20.8. The van der Waals surface area contributed by atoms with E-state index in [1.807, 2.05) is 0 Å². The highest BCUT2D eigenvalue weighted by atomic mass is 32.1. The van der Waals surface area contributed by atoms with Gasteiger partial charge in [-0.3, -0.25) is 14.6 Å². The summed E-state index contributed by atoms with van der Waals surface area (Å²) in [5.41, 5.74) is 0.0267. The van der Waals surface area contributed by atoms with E-state index in [4.69, 9.17) is 14.2 Å². The average Bonchev–Trinajstić information content (AvgIpc) is 3.64. The number of aryl methyl sites for hydroxylation is 1. The SMILES string of the molecule is COc1ccc(F)cc1[C@@H](CC1CCC(n2c(=O)[nH]c3sc(-n4nccn4)c(C)c3c2=O)C(=O)N1C)OC1CCOCC1. The van der Waals surface area contributed by atoms with Gasteiger partial charge in [0.15, 0.2) is 0 Å². The third-order valence-corrected chi connectivity index (χ3v) is 9.58. The Morgan fingerprint density at radius 2 is 1.88 bits per heavy atom. The first kappa shape index (κ1) is 29.2. The number of carbonyl (C=O) groups is 1. The van der Waals surface area contributed by atoms with Gasteiger partial charge < -0.3 is 19.1 Å². The van der Waals surface area contributed by atoms with Gasteiger partial charge in [-0.15, -0.1) is 4.80 Å². The molecule has 0 spiro atoms. The van der Waals surface area contributed by atoms with Crippen molar-refractivity contribution in [2.75, 3.05) is 27.4 Å². The quantitative estimate of drug-likeness (QED) is 0.321. The Balaban J connectivity index is 1.28. The van der Waals surface area contributed by atoms with Crippen LogP contribution in [-0.4, -0.2) is 74.9 Å². The maximum Gasteiger partial charge on any atom is 0.330 e. The van der Waals surface area contributed by atoms with Crippen molar-refractivity contribution in [3.8, 4) is 10.8 Å². The van der Waals surface area contributed by atoms with Crippen molar-refractivity contribution in [3.05, 3.63) is 68.4 Å². The number of fused-ring (bicyclic) bond motifs is 1. The third-order valence-electron chi connectivity index (χ3n) is 8.41. The van der Waals surface area contributed by atoms with Crippen LogP contribution in [-0.2, 0) is 14.3 Å². The van der Waals surface area contributed by atoms with Gasteiger partial charge in [-0.2, -0.15) is 10.2 Å². The van der Waals surface area contributed by atoms with Crippen molar-refractivity contribution >= 4 is 27.5 Å². The van der Waals surface area contributed by atoms with Crippen molar-refractivity contribution in [2.24, 2.45) is 0 Å². The maximum absolute atomic E-state index is 14.4. The molecule has 12 nitrogen and oxygen atoms in total. The molecular weight excluding hydrogens is 579 g/mol. The van der Waals surface area contributed by atoms with E-state index in [0.717, 1.165) is 4.57 Å². The van der Waals surface area contributed by atoms with E-state index >= 15 is 0 Å². The molecule has 43 heavy (non-hydrogen) atoms. The second-order valence-corrected chi connectivity index (χ2v) is 11.9. The van der Waals surface area contributed by atoms with Crippen molar-refractivity contribution < 1.29 is 23.4 Å². The lowest BCUT2D eigenvalue weighted by molar-refractivity contribution is -0.141. The van der Waals surface area contributed by atoms with Crippen LogP contribution in [0.2, 0.25) is 0 Å². The molecule has 0 saturated carbocycles. The van der Waals surface area contributed by atoms with E-state index in [2.05, 4.69) is 15.2 Å².